The Hall–Kier alpha value is -1.07. The van der Waals surface area contributed by atoms with Gasteiger partial charge in [0.05, 0.1) is 18.1 Å². The highest BCUT2D eigenvalue weighted by Crippen LogP contribution is 2.64. The first-order valence-corrected chi connectivity index (χ1v) is 9.23. The van der Waals surface area contributed by atoms with Crippen molar-refractivity contribution in [1.29, 1.82) is 0 Å². The van der Waals surface area contributed by atoms with E-state index in [0.717, 1.165) is 25.5 Å². The number of ketones is 2. The van der Waals surface area contributed by atoms with Gasteiger partial charge in [-0.2, -0.15) is 0 Å². The van der Waals surface area contributed by atoms with Crippen molar-refractivity contribution in [3.05, 3.63) is 0 Å². The van der Waals surface area contributed by atoms with Gasteiger partial charge in [0.15, 0.2) is 0 Å². The molecule has 132 valence electrons. The zero-order chi connectivity index (χ0) is 17.3. The number of rotatable bonds is 1. The number of hydrogen-bond acceptors (Lipinski definition) is 5. The molecule has 4 aliphatic rings. The Bertz CT molecular complexity index is 601. The summed E-state index contributed by atoms with van der Waals surface area (Å²) in [7, 11) is 0. The highest BCUT2D eigenvalue weighted by atomic mass is 16.3. The van der Waals surface area contributed by atoms with Crippen molar-refractivity contribution >= 4 is 17.9 Å². The molecule has 0 aromatic heterocycles. The van der Waals surface area contributed by atoms with Gasteiger partial charge in [-0.05, 0) is 49.9 Å². The molecule has 24 heavy (non-hydrogen) atoms. The summed E-state index contributed by atoms with van der Waals surface area (Å²) in [5, 5.41) is 20.4. The van der Waals surface area contributed by atoms with Crippen LogP contribution in [0.5, 0.6) is 0 Å². The monoisotopic (exact) mass is 334 g/mol. The van der Waals surface area contributed by atoms with Crippen LogP contribution in [-0.2, 0) is 14.4 Å². The SMILES string of the molecule is C[C@]12CC[C@H]3[C@@H](CC(=O)[C@H]4C(O)[C@@H](O)CC[C@@]43C=O)[C@@H]1CCC2=O. The minimum Gasteiger partial charge on any atom is -0.390 e. The molecule has 4 saturated carbocycles. The number of Topliss-reactive ketones (excluding diaryl/α,β-unsaturated/α-hetero) is 2. The number of carbonyl (C=O) groups is 3. The Morgan fingerprint density at radius 3 is 2.54 bits per heavy atom. The fraction of sp³-hybridized carbons (Fsp3) is 0.842. The molecule has 4 rings (SSSR count). The molecule has 0 amide bonds. The Morgan fingerprint density at radius 2 is 1.83 bits per heavy atom. The first-order valence-electron chi connectivity index (χ1n) is 9.23. The summed E-state index contributed by atoms with van der Waals surface area (Å²) in [5.74, 6) is -0.288. The van der Waals surface area contributed by atoms with Gasteiger partial charge in [-0.3, -0.25) is 9.59 Å². The fourth-order valence-electron chi connectivity index (χ4n) is 6.76. The molecule has 4 fully saturated rings. The minimum absolute atomic E-state index is 0.0452. The maximum absolute atomic E-state index is 12.9. The first kappa shape index (κ1) is 16.4. The van der Waals surface area contributed by atoms with Gasteiger partial charge in [-0.25, -0.2) is 0 Å². The van der Waals surface area contributed by atoms with Crippen molar-refractivity contribution in [3.63, 3.8) is 0 Å². The summed E-state index contributed by atoms with van der Waals surface area (Å²) in [6.07, 6.45) is 2.91. The van der Waals surface area contributed by atoms with Crippen molar-refractivity contribution in [3.8, 4) is 0 Å². The summed E-state index contributed by atoms with van der Waals surface area (Å²) >= 11 is 0. The van der Waals surface area contributed by atoms with Crippen molar-refractivity contribution in [2.24, 2.45) is 34.5 Å². The number of aliphatic hydroxyl groups excluding tert-OH is 2. The number of aliphatic hydroxyl groups is 2. The van der Waals surface area contributed by atoms with E-state index in [-0.39, 0.29) is 29.0 Å². The first-order chi connectivity index (χ1) is 11.3. The van der Waals surface area contributed by atoms with Gasteiger partial charge in [0.25, 0.3) is 0 Å². The molecule has 0 heterocycles. The lowest BCUT2D eigenvalue weighted by Crippen LogP contribution is -2.63. The van der Waals surface area contributed by atoms with Crippen LogP contribution in [0.2, 0.25) is 0 Å². The molecule has 0 spiro atoms. The molecule has 0 radical (unpaired) electrons. The maximum Gasteiger partial charge on any atom is 0.139 e. The van der Waals surface area contributed by atoms with Crippen LogP contribution in [0.4, 0.5) is 0 Å². The third kappa shape index (κ3) is 1.86. The number of carbonyl (C=O) groups excluding carboxylic acids is 3. The summed E-state index contributed by atoms with van der Waals surface area (Å²) in [4.78, 5) is 37.4. The summed E-state index contributed by atoms with van der Waals surface area (Å²) in [6.45, 7) is 2.03. The molecule has 1 unspecified atom stereocenters. The Kier molecular flexibility index (Phi) is 3.56. The maximum atomic E-state index is 12.9. The molecular formula is C19H26O5. The summed E-state index contributed by atoms with van der Waals surface area (Å²) in [6, 6.07) is 0. The predicted octanol–water partition coefficient (Wildman–Crippen LogP) is 1.29. The zero-order valence-corrected chi connectivity index (χ0v) is 14.1. The van der Waals surface area contributed by atoms with E-state index in [4.69, 9.17) is 0 Å². The lowest BCUT2D eigenvalue weighted by Gasteiger charge is -2.58. The molecule has 4 aliphatic carbocycles. The van der Waals surface area contributed by atoms with E-state index >= 15 is 0 Å². The van der Waals surface area contributed by atoms with Gasteiger partial charge >= 0.3 is 0 Å². The average molecular weight is 334 g/mol. The van der Waals surface area contributed by atoms with Crippen LogP contribution >= 0.6 is 0 Å². The van der Waals surface area contributed by atoms with Crippen LogP contribution in [0.15, 0.2) is 0 Å². The van der Waals surface area contributed by atoms with E-state index in [1.54, 1.807) is 0 Å². The van der Waals surface area contributed by atoms with Gasteiger partial charge in [0, 0.05) is 23.7 Å². The normalized spacial score (nSPS) is 54.0. The number of fused-ring (bicyclic) bond motifs is 5. The summed E-state index contributed by atoms with van der Waals surface area (Å²) in [5.41, 5.74) is -1.20. The molecule has 0 aromatic rings. The van der Waals surface area contributed by atoms with E-state index in [1.165, 1.54) is 0 Å². The van der Waals surface area contributed by atoms with Crippen molar-refractivity contribution in [2.75, 3.05) is 0 Å². The van der Waals surface area contributed by atoms with Gasteiger partial charge in [0.2, 0.25) is 0 Å². The van der Waals surface area contributed by atoms with Crippen LogP contribution in [-0.4, -0.2) is 40.3 Å². The van der Waals surface area contributed by atoms with Crippen molar-refractivity contribution in [1.82, 2.24) is 0 Å². The average Bonchev–Trinajstić information content (AvgIpc) is 2.86. The van der Waals surface area contributed by atoms with Gasteiger partial charge in [-0.15, -0.1) is 0 Å². The van der Waals surface area contributed by atoms with E-state index in [1.807, 2.05) is 6.92 Å². The fourth-order valence-corrected chi connectivity index (χ4v) is 6.76. The second-order valence-corrected chi connectivity index (χ2v) is 8.77. The topological polar surface area (TPSA) is 91.7 Å². The molecule has 8 atom stereocenters. The molecule has 5 nitrogen and oxygen atoms in total. The minimum atomic E-state index is -1.14. The van der Waals surface area contributed by atoms with Crippen LogP contribution in [0.1, 0.15) is 51.9 Å². The highest BCUT2D eigenvalue weighted by Gasteiger charge is 2.65. The van der Waals surface area contributed by atoms with E-state index in [0.29, 0.717) is 31.5 Å². The van der Waals surface area contributed by atoms with Crippen LogP contribution < -0.4 is 0 Å². The lowest BCUT2D eigenvalue weighted by atomic mass is 9.44. The number of hydrogen-bond donors (Lipinski definition) is 2. The van der Waals surface area contributed by atoms with Gasteiger partial charge in [-0.1, -0.05) is 6.92 Å². The molecule has 2 N–H and O–H groups in total. The smallest absolute Gasteiger partial charge is 0.139 e. The second kappa shape index (κ2) is 5.21. The highest BCUT2D eigenvalue weighted by molar-refractivity contribution is 5.90. The van der Waals surface area contributed by atoms with Crippen LogP contribution in [0.3, 0.4) is 0 Å². The molecule has 0 aromatic carbocycles. The molecule has 0 bridgehead atoms. The van der Waals surface area contributed by atoms with Gasteiger partial charge < -0.3 is 15.0 Å². The Morgan fingerprint density at radius 1 is 1.08 bits per heavy atom. The van der Waals surface area contributed by atoms with E-state index in [9.17, 15) is 24.6 Å². The van der Waals surface area contributed by atoms with Gasteiger partial charge in [0.1, 0.15) is 17.9 Å². The molecule has 0 saturated heterocycles. The van der Waals surface area contributed by atoms with Crippen LogP contribution in [0.25, 0.3) is 0 Å². The molecule has 0 aliphatic heterocycles. The summed E-state index contributed by atoms with van der Waals surface area (Å²) < 4.78 is 0. The Balaban J connectivity index is 1.76. The second-order valence-electron chi connectivity index (χ2n) is 8.77. The van der Waals surface area contributed by atoms with E-state index in [2.05, 4.69) is 0 Å². The molecular weight excluding hydrogens is 308 g/mol. The van der Waals surface area contributed by atoms with E-state index < -0.39 is 23.5 Å². The lowest BCUT2D eigenvalue weighted by molar-refractivity contribution is -0.184. The molecule has 5 heteroatoms. The van der Waals surface area contributed by atoms with Crippen molar-refractivity contribution < 1.29 is 24.6 Å². The zero-order valence-electron chi connectivity index (χ0n) is 14.1. The van der Waals surface area contributed by atoms with Crippen LogP contribution in [0, 0.1) is 34.5 Å². The third-order valence-electron chi connectivity index (χ3n) is 8.03. The van der Waals surface area contributed by atoms with Crippen molar-refractivity contribution in [2.45, 2.75) is 64.1 Å². The third-order valence-corrected chi connectivity index (χ3v) is 8.03. The standard InChI is InChI=1S/C19H26O5/c1-18-6-4-12-10(11(18)2-3-15(18)23)8-14(22)16-17(24)13(21)5-7-19(12,16)9-20/h9-13,16-17,21,24H,2-8H2,1H3/t10-,11-,12-,13-,16-,17?,18-,19-/m0/s1. The quantitative estimate of drug-likeness (QED) is 0.705. The number of aldehydes is 1. The predicted molar refractivity (Wildman–Crippen MR) is 84.9 cm³/mol. The largest absolute Gasteiger partial charge is 0.390 e. The Labute approximate surface area is 141 Å².